The molecule has 2 N–H and O–H groups in total. The van der Waals surface area contributed by atoms with Crippen LogP contribution in [-0.4, -0.2) is 35.0 Å². The number of para-hydroxylation sites is 1. The topological polar surface area (TPSA) is 128 Å². The summed E-state index contributed by atoms with van der Waals surface area (Å²) in [6.45, 7) is 4.57. The van der Waals surface area contributed by atoms with Gasteiger partial charge in [-0.3, -0.25) is 20.2 Å². The van der Waals surface area contributed by atoms with Crippen LogP contribution in [0.1, 0.15) is 26.3 Å². The lowest BCUT2D eigenvalue weighted by Crippen LogP contribution is -2.49. The third-order valence-corrected chi connectivity index (χ3v) is 2.62. The van der Waals surface area contributed by atoms with Crippen LogP contribution >= 0.6 is 0 Å². The second-order valence-corrected chi connectivity index (χ2v) is 6.01. The summed E-state index contributed by atoms with van der Waals surface area (Å²) in [5.41, 5.74) is -0.463. The number of carbonyl (C=O) groups excluding carboxylic acids is 3. The van der Waals surface area contributed by atoms with E-state index in [0.29, 0.717) is 0 Å². The van der Waals surface area contributed by atoms with Crippen LogP contribution in [-0.2, 0) is 14.3 Å². The molecule has 0 saturated carbocycles. The molecule has 0 aliphatic carbocycles. The van der Waals surface area contributed by atoms with E-state index in [9.17, 15) is 24.5 Å². The molecule has 3 amide bonds. The second kappa shape index (κ2) is 8.57. The summed E-state index contributed by atoms with van der Waals surface area (Å²) in [4.78, 5) is 44.8. The van der Waals surface area contributed by atoms with Crippen LogP contribution in [0.25, 0.3) is 6.08 Å². The molecule has 0 aliphatic rings. The highest BCUT2D eigenvalue weighted by molar-refractivity contribution is 5.96. The van der Waals surface area contributed by atoms with E-state index >= 15 is 0 Å². The Morgan fingerprint density at radius 3 is 2.48 bits per heavy atom. The van der Waals surface area contributed by atoms with Crippen molar-refractivity contribution in [1.29, 1.82) is 0 Å². The SMILES string of the molecule is CC(C)(C)NC(=O)NC(=O)COC(=O)/C=C/c1ccccc1[N+](=O)[O-]. The molecule has 9 heteroatoms. The van der Waals surface area contributed by atoms with Gasteiger partial charge in [-0.1, -0.05) is 12.1 Å². The van der Waals surface area contributed by atoms with Crippen molar-refractivity contribution in [2.45, 2.75) is 26.3 Å². The Labute approximate surface area is 144 Å². The number of rotatable bonds is 5. The van der Waals surface area contributed by atoms with Gasteiger partial charge in [-0.05, 0) is 32.9 Å². The summed E-state index contributed by atoms with van der Waals surface area (Å²) in [5, 5.41) is 15.4. The number of carbonyl (C=O) groups is 3. The van der Waals surface area contributed by atoms with Gasteiger partial charge in [-0.25, -0.2) is 9.59 Å². The highest BCUT2D eigenvalue weighted by atomic mass is 16.6. The second-order valence-electron chi connectivity index (χ2n) is 6.01. The van der Waals surface area contributed by atoms with Crippen molar-refractivity contribution < 1.29 is 24.0 Å². The largest absolute Gasteiger partial charge is 0.452 e. The van der Waals surface area contributed by atoms with Crippen LogP contribution in [0.2, 0.25) is 0 Å². The van der Waals surface area contributed by atoms with Crippen molar-refractivity contribution in [1.82, 2.24) is 10.6 Å². The zero-order valence-electron chi connectivity index (χ0n) is 14.1. The Morgan fingerprint density at radius 1 is 1.24 bits per heavy atom. The number of hydrogen-bond donors (Lipinski definition) is 2. The maximum absolute atomic E-state index is 11.6. The first-order chi connectivity index (χ1) is 11.6. The number of esters is 1. The molecular weight excluding hydrogens is 330 g/mol. The fourth-order valence-corrected chi connectivity index (χ4v) is 1.67. The summed E-state index contributed by atoms with van der Waals surface area (Å²) in [7, 11) is 0. The molecule has 134 valence electrons. The fraction of sp³-hybridized carbons (Fsp3) is 0.312. The summed E-state index contributed by atoms with van der Waals surface area (Å²) in [6.07, 6.45) is 2.18. The number of benzene rings is 1. The quantitative estimate of drug-likeness (QED) is 0.361. The van der Waals surface area contributed by atoms with Gasteiger partial charge in [0.1, 0.15) is 0 Å². The zero-order chi connectivity index (χ0) is 19.0. The molecule has 0 radical (unpaired) electrons. The van der Waals surface area contributed by atoms with Crippen molar-refractivity contribution in [2.75, 3.05) is 6.61 Å². The molecule has 9 nitrogen and oxygen atoms in total. The van der Waals surface area contributed by atoms with Crippen LogP contribution in [0, 0.1) is 10.1 Å². The van der Waals surface area contributed by atoms with Crippen molar-refractivity contribution in [3.05, 3.63) is 46.0 Å². The molecule has 0 spiro atoms. The predicted octanol–water partition coefficient (Wildman–Crippen LogP) is 1.78. The molecule has 0 atom stereocenters. The van der Waals surface area contributed by atoms with Gasteiger partial charge < -0.3 is 10.1 Å². The molecule has 1 aromatic carbocycles. The molecular formula is C16H19N3O6. The van der Waals surface area contributed by atoms with Gasteiger partial charge in [-0.15, -0.1) is 0 Å². The summed E-state index contributed by atoms with van der Waals surface area (Å²) >= 11 is 0. The Morgan fingerprint density at radius 2 is 1.88 bits per heavy atom. The lowest BCUT2D eigenvalue weighted by atomic mass is 10.1. The van der Waals surface area contributed by atoms with Gasteiger partial charge in [-0.2, -0.15) is 0 Å². The zero-order valence-corrected chi connectivity index (χ0v) is 14.1. The Balaban J connectivity index is 2.51. The first kappa shape index (κ1) is 19.8. The van der Waals surface area contributed by atoms with Crippen molar-refractivity contribution in [2.24, 2.45) is 0 Å². The number of nitro benzene ring substituents is 1. The number of amides is 3. The molecule has 1 rings (SSSR count). The lowest BCUT2D eigenvalue weighted by molar-refractivity contribution is -0.385. The Kier molecular flexibility index (Phi) is 6.80. The molecule has 25 heavy (non-hydrogen) atoms. The van der Waals surface area contributed by atoms with Crippen LogP contribution in [0.15, 0.2) is 30.3 Å². The number of imide groups is 1. The number of urea groups is 1. The van der Waals surface area contributed by atoms with E-state index in [1.54, 1.807) is 26.8 Å². The van der Waals surface area contributed by atoms with Crippen molar-refractivity contribution in [3.8, 4) is 0 Å². The van der Waals surface area contributed by atoms with Gasteiger partial charge >= 0.3 is 12.0 Å². The number of nitro groups is 1. The molecule has 0 bridgehead atoms. The molecule has 0 aromatic heterocycles. The van der Waals surface area contributed by atoms with Gasteiger partial charge in [0, 0.05) is 17.7 Å². The number of hydrogen-bond acceptors (Lipinski definition) is 6. The minimum absolute atomic E-state index is 0.164. The maximum Gasteiger partial charge on any atom is 0.331 e. The maximum atomic E-state index is 11.6. The fourth-order valence-electron chi connectivity index (χ4n) is 1.67. The summed E-state index contributed by atoms with van der Waals surface area (Å²) < 4.78 is 4.67. The standard InChI is InChI=1S/C16H19N3O6/c1-16(2,3)18-15(22)17-13(20)10-25-14(21)9-8-11-6-4-5-7-12(11)19(23)24/h4-9H,10H2,1-3H3,(H2,17,18,20,22)/b9-8+. The third kappa shape index (κ3) is 7.73. The first-order valence-corrected chi connectivity index (χ1v) is 7.29. The third-order valence-electron chi connectivity index (χ3n) is 2.62. The Hall–Kier alpha value is -3.23. The highest BCUT2D eigenvalue weighted by Crippen LogP contribution is 2.18. The molecule has 0 fully saturated rings. The van der Waals surface area contributed by atoms with Gasteiger partial charge in [0.2, 0.25) is 0 Å². The minimum Gasteiger partial charge on any atom is -0.452 e. The molecule has 0 unspecified atom stereocenters. The molecule has 0 heterocycles. The van der Waals surface area contributed by atoms with E-state index in [4.69, 9.17) is 0 Å². The monoisotopic (exact) mass is 349 g/mol. The summed E-state index contributed by atoms with van der Waals surface area (Å²) in [6, 6.07) is 5.14. The minimum atomic E-state index is -0.871. The van der Waals surface area contributed by atoms with E-state index in [0.717, 1.165) is 6.08 Å². The number of nitrogens with zero attached hydrogens (tertiary/aromatic N) is 1. The van der Waals surface area contributed by atoms with Gasteiger partial charge in [0.05, 0.1) is 10.5 Å². The number of nitrogens with one attached hydrogen (secondary N) is 2. The van der Waals surface area contributed by atoms with E-state index in [-0.39, 0.29) is 11.3 Å². The normalized spacial score (nSPS) is 11.0. The lowest BCUT2D eigenvalue weighted by Gasteiger charge is -2.20. The van der Waals surface area contributed by atoms with E-state index in [1.807, 2.05) is 5.32 Å². The van der Waals surface area contributed by atoms with Crippen LogP contribution in [0.5, 0.6) is 0 Å². The van der Waals surface area contributed by atoms with Crippen LogP contribution in [0.3, 0.4) is 0 Å². The van der Waals surface area contributed by atoms with Crippen LogP contribution in [0.4, 0.5) is 10.5 Å². The number of ether oxygens (including phenoxy) is 1. The first-order valence-electron chi connectivity index (χ1n) is 7.29. The van der Waals surface area contributed by atoms with Crippen molar-refractivity contribution in [3.63, 3.8) is 0 Å². The van der Waals surface area contributed by atoms with Crippen molar-refractivity contribution >= 4 is 29.7 Å². The smallest absolute Gasteiger partial charge is 0.331 e. The van der Waals surface area contributed by atoms with E-state index in [1.165, 1.54) is 24.3 Å². The van der Waals surface area contributed by atoms with E-state index < -0.39 is 35.0 Å². The van der Waals surface area contributed by atoms with Crippen LogP contribution < -0.4 is 10.6 Å². The van der Waals surface area contributed by atoms with Gasteiger partial charge in [0.25, 0.3) is 11.6 Å². The molecule has 0 aliphatic heterocycles. The molecule has 1 aromatic rings. The highest BCUT2D eigenvalue weighted by Gasteiger charge is 2.16. The van der Waals surface area contributed by atoms with E-state index in [2.05, 4.69) is 10.1 Å². The molecule has 0 saturated heterocycles. The Bertz CT molecular complexity index is 706. The predicted molar refractivity (Wildman–Crippen MR) is 89.5 cm³/mol. The van der Waals surface area contributed by atoms with Gasteiger partial charge in [0.15, 0.2) is 6.61 Å². The average molecular weight is 349 g/mol. The summed E-state index contributed by atoms with van der Waals surface area (Å²) in [5.74, 6) is -1.67. The average Bonchev–Trinajstić information content (AvgIpc) is 2.49.